The van der Waals surface area contributed by atoms with Crippen LogP contribution in [0.15, 0.2) is 45.9 Å². The second kappa shape index (κ2) is 8.19. The molecule has 0 bridgehead atoms. The molecule has 0 amide bonds. The van der Waals surface area contributed by atoms with E-state index in [1.807, 2.05) is 0 Å². The molecule has 0 unspecified atom stereocenters. The molecule has 3 aromatic rings. The summed E-state index contributed by atoms with van der Waals surface area (Å²) < 4.78 is 75.1. The predicted molar refractivity (Wildman–Crippen MR) is 95.5 cm³/mol. The summed E-state index contributed by atoms with van der Waals surface area (Å²) in [7, 11) is 1.20. The number of benzene rings is 1. The number of nitrogens with zero attached hydrogens (tertiary/aromatic N) is 2. The van der Waals surface area contributed by atoms with Crippen LogP contribution in [0.2, 0.25) is 0 Å². The van der Waals surface area contributed by atoms with Gasteiger partial charge in [0.2, 0.25) is 0 Å². The van der Waals surface area contributed by atoms with Gasteiger partial charge < -0.3 is 9.47 Å². The minimum absolute atomic E-state index is 0.117. The highest BCUT2D eigenvalue weighted by molar-refractivity contribution is 7.07. The van der Waals surface area contributed by atoms with E-state index >= 15 is 0 Å². The standard InChI is InChI=1S/C18H13F5N2O3S/c1-27-15-6-11(2-3-14(15)28-17(19)20)13-7-12(18(21,22)23)16(26)25(24-13)8-10-4-5-29-9-10/h2-7,9,17H,8H2,1H3. The summed E-state index contributed by atoms with van der Waals surface area (Å²) in [5.74, 6) is -0.400. The molecule has 2 aromatic heterocycles. The summed E-state index contributed by atoms with van der Waals surface area (Å²) in [6, 6.07) is 5.87. The third kappa shape index (κ3) is 4.73. The Kier molecular flexibility index (Phi) is 5.87. The molecule has 154 valence electrons. The van der Waals surface area contributed by atoms with Gasteiger partial charge in [-0.1, -0.05) is 0 Å². The number of thiophene rings is 1. The van der Waals surface area contributed by atoms with Crippen LogP contribution in [-0.2, 0) is 12.7 Å². The first-order chi connectivity index (χ1) is 13.7. The van der Waals surface area contributed by atoms with Crippen molar-refractivity contribution in [3.63, 3.8) is 0 Å². The first-order valence-corrected chi connectivity index (χ1v) is 8.97. The number of aromatic nitrogens is 2. The van der Waals surface area contributed by atoms with E-state index in [2.05, 4.69) is 9.84 Å². The zero-order chi connectivity index (χ0) is 21.2. The molecular formula is C18H13F5N2O3S. The number of ether oxygens (including phenoxy) is 2. The van der Waals surface area contributed by atoms with Gasteiger partial charge in [0.25, 0.3) is 5.56 Å². The first kappa shape index (κ1) is 20.8. The van der Waals surface area contributed by atoms with Crippen molar-refractivity contribution in [2.24, 2.45) is 0 Å². The highest BCUT2D eigenvalue weighted by atomic mass is 32.1. The first-order valence-electron chi connectivity index (χ1n) is 8.02. The summed E-state index contributed by atoms with van der Waals surface area (Å²) in [4.78, 5) is 12.3. The molecule has 0 aliphatic heterocycles. The summed E-state index contributed by atoms with van der Waals surface area (Å²) in [6.07, 6.45) is -4.89. The lowest BCUT2D eigenvalue weighted by atomic mass is 10.1. The van der Waals surface area contributed by atoms with Gasteiger partial charge in [-0.05, 0) is 46.7 Å². The Morgan fingerprint density at radius 1 is 1.17 bits per heavy atom. The van der Waals surface area contributed by atoms with Crippen molar-refractivity contribution < 1.29 is 31.4 Å². The predicted octanol–water partition coefficient (Wildman–Crippen LogP) is 4.65. The second-order valence-corrected chi connectivity index (χ2v) is 6.56. The molecule has 0 saturated carbocycles. The summed E-state index contributed by atoms with van der Waals surface area (Å²) >= 11 is 1.33. The zero-order valence-electron chi connectivity index (χ0n) is 14.7. The molecule has 3 rings (SSSR count). The number of alkyl halides is 5. The molecule has 1 aromatic carbocycles. The highest BCUT2D eigenvalue weighted by Crippen LogP contribution is 2.34. The maximum Gasteiger partial charge on any atom is 0.421 e. The number of halogens is 5. The Morgan fingerprint density at radius 3 is 2.52 bits per heavy atom. The third-order valence-electron chi connectivity index (χ3n) is 3.87. The molecule has 29 heavy (non-hydrogen) atoms. The van der Waals surface area contributed by atoms with Crippen LogP contribution in [0, 0.1) is 0 Å². The molecule has 0 atom stereocenters. The quantitative estimate of drug-likeness (QED) is 0.533. The lowest BCUT2D eigenvalue weighted by Gasteiger charge is -2.14. The molecule has 0 N–H and O–H groups in total. The molecule has 2 heterocycles. The van der Waals surface area contributed by atoms with Gasteiger partial charge in [-0.2, -0.15) is 38.4 Å². The van der Waals surface area contributed by atoms with E-state index in [1.165, 1.54) is 30.6 Å². The minimum Gasteiger partial charge on any atom is -0.493 e. The number of methoxy groups -OCH3 is 1. The maximum atomic E-state index is 13.4. The van der Waals surface area contributed by atoms with Crippen LogP contribution in [0.4, 0.5) is 22.0 Å². The van der Waals surface area contributed by atoms with Crippen molar-refractivity contribution in [1.82, 2.24) is 9.78 Å². The summed E-state index contributed by atoms with van der Waals surface area (Å²) in [6.45, 7) is -3.25. The minimum atomic E-state index is -4.89. The topological polar surface area (TPSA) is 53.4 Å². The van der Waals surface area contributed by atoms with Crippen molar-refractivity contribution in [2.45, 2.75) is 19.3 Å². The van der Waals surface area contributed by atoms with Gasteiger partial charge in [-0.3, -0.25) is 4.79 Å². The van der Waals surface area contributed by atoms with Crippen molar-refractivity contribution in [2.75, 3.05) is 7.11 Å². The highest BCUT2D eigenvalue weighted by Gasteiger charge is 2.35. The second-order valence-electron chi connectivity index (χ2n) is 5.78. The lowest BCUT2D eigenvalue weighted by molar-refractivity contribution is -0.139. The number of hydrogen-bond donors (Lipinski definition) is 0. The van der Waals surface area contributed by atoms with Gasteiger partial charge >= 0.3 is 12.8 Å². The summed E-state index contributed by atoms with van der Waals surface area (Å²) in [5.41, 5.74) is -2.09. The molecule has 0 aliphatic rings. The van der Waals surface area contributed by atoms with Crippen LogP contribution in [0.3, 0.4) is 0 Å². The van der Waals surface area contributed by atoms with Gasteiger partial charge in [-0.15, -0.1) is 0 Å². The number of hydrogen-bond acceptors (Lipinski definition) is 5. The van der Waals surface area contributed by atoms with E-state index in [4.69, 9.17) is 4.74 Å². The van der Waals surface area contributed by atoms with Crippen LogP contribution in [0.5, 0.6) is 11.5 Å². The Labute approximate surface area is 164 Å². The molecule has 0 aliphatic carbocycles. The van der Waals surface area contributed by atoms with E-state index in [-0.39, 0.29) is 29.3 Å². The van der Waals surface area contributed by atoms with Gasteiger partial charge in [0.1, 0.15) is 5.56 Å². The third-order valence-corrected chi connectivity index (χ3v) is 4.60. The molecule has 0 spiro atoms. The van der Waals surface area contributed by atoms with Gasteiger partial charge in [0.15, 0.2) is 11.5 Å². The van der Waals surface area contributed by atoms with Crippen LogP contribution in [0.1, 0.15) is 11.1 Å². The fraction of sp³-hybridized carbons (Fsp3) is 0.222. The van der Waals surface area contributed by atoms with Gasteiger partial charge in [-0.25, -0.2) is 4.68 Å². The largest absolute Gasteiger partial charge is 0.493 e. The fourth-order valence-corrected chi connectivity index (χ4v) is 3.23. The van der Waals surface area contributed by atoms with E-state index in [0.717, 1.165) is 10.7 Å². The smallest absolute Gasteiger partial charge is 0.421 e. The van der Waals surface area contributed by atoms with Crippen LogP contribution in [-0.4, -0.2) is 23.5 Å². The van der Waals surface area contributed by atoms with Crippen molar-refractivity contribution in [1.29, 1.82) is 0 Å². The monoisotopic (exact) mass is 432 g/mol. The Bertz CT molecular complexity index is 1050. The van der Waals surface area contributed by atoms with Crippen LogP contribution >= 0.6 is 11.3 Å². The van der Waals surface area contributed by atoms with Crippen molar-refractivity contribution in [3.05, 3.63) is 62.6 Å². The fourth-order valence-electron chi connectivity index (χ4n) is 2.57. The average Bonchev–Trinajstić information content (AvgIpc) is 3.15. The normalized spacial score (nSPS) is 11.7. The van der Waals surface area contributed by atoms with E-state index in [1.54, 1.807) is 16.8 Å². The molecular weight excluding hydrogens is 419 g/mol. The molecule has 0 fully saturated rings. The summed E-state index contributed by atoms with van der Waals surface area (Å²) in [5, 5.41) is 7.43. The zero-order valence-corrected chi connectivity index (χ0v) is 15.6. The van der Waals surface area contributed by atoms with E-state index < -0.39 is 23.9 Å². The Hall–Kier alpha value is -2.95. The molecule has 5 nitrogen and oxygen atoms in total. The Morgan fingerprint density at radius 2 is 1.93 bits per heavy atom. The molecule has 11 heteroatoms. The van der Waals surface area contributed by atoms with Gasteiger partial charge in [0.05, 0.1) is 19.3 Å². The van der Waals surface area contributed by atoms with Crippen LogP contribution < -0.4 is 15.0 Å². The number of rotatable bonds is 6. The SMILES string of the molecule is COc1cc(-c2cc(C(F)(F)F)c(=O)n(Cc3ccsc3)n2)ccc1OC(F)F. The van der Waals surface area contributed by atoms with Gasteiger partial charge in [0, 0.05) is 5.56 Å². The maximum absolute atomic E-state index is 13.4. The van der Waals surface area contributed by atoms with Crippen molar-refractivity contribution in [3.8, 4) is 22.8 Å². The molecule has 0 radical (unpaired) electrons. The van der Waals surface area contributed by atoms with Crippen molar-refractivity contribution >= 4 is 11.3 Å². The van der Waals surface area contributed by atoms with Crippen LogP contribution in [0.25, 0.3) is 11.3 Å². The Balaban J connectivity index is 2.12. The van der Waals surface area contributed by atoms with E-state index in [0.29, 0.717) is 11.6 Å². The molecule has 0 saturated heterocycles. The average molecular weight is 432 g/mol. The lowest BCUT2D eigenvalue weighted by Crippen LogP contribution is -2.31. The van der Waals surface area contributed by atoms with E-state index in [9.17, 15) is 26.7 Å².